The van der Waals surface area contributed by atoms with Gasteiger partial charge in [-0.1, -0.05) is 19.8 Å². The number of carbonyl (C=O) groups excluding carboxylic acids is 1. The maximum atomic E-state index is 11.9. The van der Waals surface area contributed by atoms with Crippen LogP contribution in [-0.4, -0.2) is 45.4 Å². The molecule has 1 heterocycles. The highest BCUT2D eigenvalue weighted by Crippen LogP contribution is 2.07. The molecule has 0 atom stereocenters. The number of nitrogens with zero attached hydrogens (tertiary/aromatic N) is 3. The van der Waals surface area contributed by atoms with Crippen LogP contribution < -0.4 is 5.32 Å². The molecule has 2 N–H and O–H groups in total. The van der Waals surface area contributed by atoms with Crippen LogP contribution in [0.5, 0.6) is 0 Å². The van der Waals surface area contributed by atoms with Gasteiger partial charge in [-0.15, -0.1) is 0 Å². The average Bonchev–Trinajstić information content (AvgIpc) is 2.82. The van der Waals surface area contributed by atoms with Crippen molar-refractivity contribution < 1.29 is 14.7 Å². The Morgan fingerprint density at radius 2 is 2.14 bits per heavy atom. The van der Waals surface area contributed by atoms with Crippen LogP contribution in [0.4, 0.5) is 4.79 Å². The molecule has 0 aromatic carbocycles. The van der Waals surface area contributed by atoms with Crippen molar-refractivity contribution in [3.63, 3.8) is 0 Å². The summed E-state index contributed by atoms with van der Waals surface area (Å²) in [5.74, 6) is -0.913. The second-order valence-electron chi connectivity index (χ2n) is 5.43. The monoisotopic (exact) mass is 310 g/mol. The number of aromatic nitrogens is 2. The lowest BCUT2D eigenvalue weighted by Crippen LogP contribution is -2.38. The van der Waals surface area contributed by atoms with E-state index >= 15 is 0 Å². The van der Waals surface area contributed by atoms with Crippen LogP contribution in [0.1, 0.15) is 43.9 Å². The molecule has 0 aliphatic heterocycles. The van der Waals surface area contributed by atoms with Gasteiger partial charge in [0.05, 0.1) is 12.1 Å². The highest BCUT2D eigenvalue weighted by molar-refractivity contribution is 5.75. The van der Waals surface area contributed by atoms with Crippen molar-refractivity contribution in [2.75, 3.05) is 13.6 Å². The number of urea groups is 1. The number of aliphatic carboxylic acids is 1. The van der Waals surface area contributed by atoms with Gasteiger partial charge < -0.3 is 15.3 Å². The lowest BCUT2D eigenvalue weighted by atomic mass is 10.2. The van der Waals surface area contributed by atoms with Crippen molar-refractivity contribution in [3.05, 3.63) is 17.5 Å². The molecule has 0 radical (unpaired) electrons. The first kappa shape index (κ1) is 18.0. The van der Waals surface area contributed by atoms with Gasteiger partial charge in [-0.25, -0.2) is 4.79 Å². The zero-order chi connectivity index (χ0) is 16.5. The van der Waals surface area contributed by atoms with E-state index in [4.69, 9.17) is 5.11 Å². The quantitative estimate of drug-likeness (QED) is 0.683. The number of carboxylic acid groups (broad SMARTS) is 1. The first-order valence-electron chi connectivity index (χ1n) is 7.67. The van der Waals surface area contributed by atoms with E-state index in [9.17, 15) is 9.59 Å². The van der Waals surface area contributed by atoms with Crippen LogP contribution in [0, 0.1) is 6.92 Å². The van der Waals surface area contributed by atoms with Crippen molar-refractivity contribution in [2.45, 2.75) is 52.6 Å². The molecule has 0 unspecified atom stereocenters. The summed E-state index contributed by atoms with van der Waals surface area (Å²) in [6, 6.07) is -0.278. The molecule has 0 saturated carbocycles. The van der Waals surface area contributed by atoms with Crippen LogP contribution in [0.2, 0.25) is 0 Å². The molecule has 1 aromatic rings. The normalized spacial score (nSPS) is 10.5. The molecule has 1 aromatic heterocycles. The smallest absolute Gasteiger partial charge is 0.317 e. The molecule has 0 bridgehead atoms. The molecule has 22 heavy (non-hydrogen) atoms. The Labute approximate surface area is 131 Å². The fraction of sp³-hybridized carbons (Fsp3) is 0.667. The Balaban J connectivity index is 2.43. The van der Waals surface area contributed by atoms with E-state index in [1.54, 1.807) is 7.05 Å². The summed E-state index contributed by atoms with van der Waals surface area (Å²) in [5.41, 5.74) is 1.89. The molecule has 7 nitrogen and oxygen atoms in total. The van der Waals surface area contributed by atoms with Gasteiger partial charge in [-0.05, 0) is 13.3 Å². The van der Waals surface area contributed by atoms with E-state index < -0.39 is 5.97 Å². The van der Waals surface area contributed by atoms with Crippen LogP contribution in [0.25, 0.3) is 0 Å². The standard InChI is InChI=1S/C15H26N4O3/c1-4-5-6-8-19-11-13(12(2)17-19)10-16-15(22)18(3)9-7-14(20)21/h11H,4-10H2,1-3H3,(H,16,22)(H,20,21). The van der Waals surface area contributed by atoms with Crippen LogP contribution in [0.3, 0.4) is 0 Å². The molecule has 2 amide bonds. The third-order valence-electron chi connectivity index (χ3n) is 3.48. The van der Waals surface area contributed by atoms with Gasteiger partial charge in [-0.2, -0.15) is 5.10 Å². The van der Waals surface area contributed by atoms with E-state index in [-0.39, 0.29) is 19.0 Å². The van der Waals surface area contributed by atoms with E-state index in [1.165, 1.54) is 17.7 Å². The predicted molar refractivity (Wildman–Crippen MR) is 83.6 cm³/mol. The third-order valence-corrected chi connectivity index (χ3v) is 3.48. The fourth-order valence-electron chi connectivity index (χ4n) is 2.04. The highest BCUT2D eigenvalue weighted by Gasteiger charge is 2.11. The lowest BCUT2D eigenvalue weighted by Gasteiger charge is -2.16. The minimum absolute atomic E-state index is 0.0572. The molecule has 0 fully saturated rings. The summed E-state index contributed by atoms with van der Waals surface area (Å²) in [6.07, 6.45) is 5.35. The van der Waals surface area contributed by atoms with E-state index in [0.717, 1.165) is 24.2 Å². The molecular weight excluding hydrogens is 284 g/mol. The van der Waals surface area contributed by atoms with Crippen LogP contribution in [0.15, 0.2) is 6.20 Å². The Hall–Kier alpha value is -2.05. The van der Waals surface area contributed by atoms with Crippen molar-refractivity contribution in [1.29, 1.82) is 0 Å². The Morgan fingerprint density at radius 3 is 2.77 bits per heavy atom. The van der Waals surface area contributed by atoms with Gasteiger partial charge in [-0.3, -0.25) is 9.48 Å². The number of unbranched alkanes of at least 4 members (excludes halogenated alkanes) is 2. The Kier molecular flexibility index (Phi) is 7.42. The summed E-state index contributed by atoms with van der Waals surface area (Å²) in [5, 5.41) is 15.8. The summed E-state index contributed by atoms with van der Waals surface area (Å²) in [6.45, 7) is 5.57. The molecule has 1 rings (SSSR count). The third kappa shape index (κ3) is 6.15. The zero-order valence-electron chi connectivity index (χ0n) is 13.6. The summed E-state index contributed by atoms with van der Waals surface area (Å²) in [7, 11) is 1.58. The van der Waals surface area contributed by atoms with Crippen molar-refractivity contribution in [2.24, 2.45) is 0 Å². The van der Waals surface area contributed by atoms with E-state index in [2.05, 4.69) is 17.3 Å². The summed E-state index contributed by atoms with van der Waals surface area (Å²) < 4.78 is 1.92. The largest absolute Gasteiger partial charge is 0.481 e. The molecule has 124 valence electrons. The Bertz CT molecular complexity index is 499. The van der Waals surface area contributed by atoms with Gasteiger partial charge in [0.2, 0.25) is 0 Å². The zero-order valence-corrected chi connectivity index (χ0v) is 13.6. The Morgan fingerprint density at radius 1 is 1.41 bits per heavy atom. The molecule has 0 spiro atoms. The van der Waals surface area contributed by atoms with Gasteiger partial charge in [0.15, 0.2) is 0 Å². The fourth-order valence-corrected chi connectivity index (χ4v) is 2.04. The topological polar surface area (TPSA) is 87.5 Å². The van der Waals surface area contributed by atoms with Gasteiger partial charge in [0.25, 0.3) is 0 Å². The summed E-state index contributed by atoms with van der Waals surface area (Å²) >= 11 is 0. The SMILES string of the molecule is CCCCCn1cc(CNC(=O)N(C)CCC(=O)O)c(C)n1. The number of rotatable bonds is 9. The van der Waals surface area contributed by atoms with Crippen molar-refractivity contribution >= 4 is 12.0 Å². The first-order chi connectivity index (χ1) is 10.4. The molecule has 0 aliphatic carbocycles. The molecule has 0 saturated heterocycles. The highest BCUT2D eigenvalue weighted by atomic mass is 16.4. The van der Waals surface area contributed by atoms with Crippen LogP contribution in [-0.2, 0) is 17.9 Å². The van der Waals surface area contributed by atoms with Gasteiger partial charge in [0.1, 0.15) is 0 Å². The maximum Gasteiger partial charge on any atom is 0.317 e. The number of carboxylic acids is 1. The number of hydrogen-bond donors (Lipinski definition) is 2. The molecular formula is C15H26N4O3. The van der Waals surface area contributed by atoms with Crippen molar-refractivity contribution in [3.8, 4) is 0 Å². The number of amides is 2. The summed E-state index contributed by atoms with van der Waals surface area (Å²) in [4.78, 5) is 23.7. The van der Waals surface area contributed by atoms with Gasteiger partial charge in [0, 0.05) is 38.4 Å². The minimum Gasteiger partial charge on any atom is -0.481 e. The van der Waals surface area contributed by atoms with Crippen molar-refractivity contribution in [1.82, 2.24) is 20.0 Å². The maximum absolute atomic E-state index is 11.9. The predicted octanol–water partition coefficient (Wildman–Crippen LogP) is 2.00. The lowest BCUT2D eigenvalue weighted by molar-refractivity contribution is -0.137. The second-order valence-corrected chi connectivity index (χ2v) is 5.43. The number of carbonyl (C=O) groups is 2. The van der Waals surface area contributed by atoms with Crippen LogP contribution >= 0.6 is 0 Å². The van der Waals surface area contributed by atoms with E-state index in [0.29, 0.717) is 6.54 Å². The molecule has 0 aliphatic rings. The molecule has 7 heteroatoms. The number of aryl methyl sites for hydroxylation is 2. The second kappa shape index (κ2) is 9.07. The minimum atomic E-state index is -0.913. The number of nitrogens with one attached hydrogen (secondary N) is 1. The average molecular weight is 310 g/mol. The first-order valence-corrected chi connectivity index (χ1v) is 7.67. The van der Waals surface area contributed by atoms with E-state index in [1.807, 2.05) is 17.8 Å². The van der Waals surface area contributed by atoms with Gasteiger partial charge >= 0.3 is 12.0 Å². The number of hydrogen-bond acceptors (Lipinski definition) is 3.